The van der Waals surface area contributed by atoms with Crippen molar-refractivity contribution in [2.75, 3.05) is 6.54 Å². The summed E-state index contributed by atoms with van der Waals surface area (Å²) in [4.78, 5) is 4.45. The summed E-state index contributed by atoms with van der Waals surface area (Å²) in [5.41, 5.74) is 6.94. The minimum absolute atomic E-state index is 0.670. The van der Waals surface area contributed by atoms with Gasteiger partial charge in [-0.1, -0.05) is 37.3 Å². The highest BCUT2D eigenvalue weighted by molar-refractivity contribution is 5.97. The van der Waals surface area contributed by atoms with Gasteiger partial charge in [0.1, 0.15) is 5.84 Å². The molecule has 0 aliphatic heterocycles. The maximum absolute atomic E-state index is 5.91. The molecule has 2 N–H and O–H groups in total. The van der Waals surface area contributed by atoms with Crippen molar-refractivity contribution in [3.8, 4) is 0 Å². The van der Waals surface area contributed by atoms with E-state index in [4.69, 9.17) is 5.73 Å². The van der Waals surface area contributed by atoms with E-state index in [-0.39, 0.29) is 0 Å². The Balaban J connectivity index is 1.94. The summed E-state index contributed by atoms with van der Waals surface area (Å²) >= 11 is 0. The van der Waals surface area contributed by atoms with Crippen molar-refractivity contribution in [2.45, 2.75) is 19.8 Å². The normalized spacial score (nSPS) is 18.9. The molecule has 2 rings (SSSR count). The summed E-state index contributed by atoms with van der Waals surface area (Å²) in [6.45, 7) is 3.13. The van der Waals surface area contributed by atoms with Crippen molar-refractivity contribution in [1.29, 1.82) is 0 Å². The van der Waals surface area contributed by atoms with Gasteiger partial charge in [-0.15, -0.1) is 0 Å². The van der Waals surface area contributed by atoms with Crippen LogP contribution in [0.5, 0.6) is 0 Å². The van der Waals surface area contributed by atoms with Gasteiger partial charge in [-0.2, -0.15) is 0 Å². The molecule has 15 heavy (non-hydrogen) atoms. The maximum Gasteiger partial charge on any atom is 0.125 e. The standard InChI is InChI=1S/C13H18N2/c1-10(11-7-8-11)9-15-13(14)12-5-3-2-4-6-12/h2-6,10-11H,7-9H2,1H3,(H2,14,15). The van der Waals surface area contributed by atoms with Gasteiger partial charge >= 0.3 is 0 Å². The van der Waals surface area contributed by atoms with E-state index in [0.29, 0.717) is 11.8 Å². The lowest BCUT2D eigenvalue weighted by molar-refractivity contribution is 0.523. The monoisotopic (exact) mass is 202 g/mol. The molecule has 0 aromatic heterocycles. The minimum Gasteiger partial charge on any atom is -0.384 e. The third-order valence-corrected chi connectivity index (χ3v) is 3.05. The van der Waals surface area contributed by atoms with Gasteiger partial charge in [0.05, 0.1) is 0 Å². The molecule has 0 bridgehead atoms. The number of nitrogens with zero attached hydrogens (tertiary/aromatic N) is 1. The molecule has 1 aromatic rings. The molecule has 1 fully saturated rings. The summed E-state index contributed by atoms with van der Waals surface area (Å²) in [5.74, 6) is 2.26. The first-order valence-corrected chi connectivity index (χ1v) is 5.62. The van der Waals surface area contributed by atoms with E-state index in [2.05, 4.69) is 11.9 Å². The number of aliphatic imine (C=N–C) groups is 1. The molecule has 80 valence electrons. The van der Waals surface area contributed by atoms with Crippen molar-refractivity contribution >= 4 is 5.84 Å². The lowest BCUT2D eigenvalue weighted by atomic mass is 10.1. The van der Waals surface area contributed by atoms with Gasteiger partial charge in [0.25, 0.3) is 0 Å². The zero-order valence-electron chi connectivity index (χ0n) is 9.19. The predicted octanol–water partition coefficient (Wildman–Crippen LogP) is 2.44. The van der Waals surface area contributed by atoms with E-state index in [1.807, 2.05) is 30.3 Å². The Morgan fingerprint density at radius 3 is 2.67 bits per heavy atom. The quantitative estimate of drug-likeness (QED) is 0.591. The molecule has 0 amide bonds. The molecule has 2 nitrogen and oxygen atoms in total. The number of nitrogens with two attached hydrogens (primary N) is 1. The fraction of sp³-hybridized carbons (Fsp3) is 0.462. The summed E-state index contributed by atoms with van der Waals surface area (Å²) in [5, 5.41) is 0. The number of hydrogen-bond acceptors (Lipinski definition) is 1. The second-order valence-corrected chi connectivity index (χ2v) is 4.41. The SMILES string of the molecule is CC(CN=C(N)c1ccccc1)C1CC1. The second kappa shape index (κ2) is 4.47. The van der Waals surface area contributed by atoms with E-state index < -0.39 is 0 Å². The Hall–Kier alpha value is -1.31. The summed E-state index contributed by atoms with van der Waals surface area (Å²) < 4.78 is 0. The topological polar surface area (TPSA) is 38.4 Å². The van der Waals surface area contributed by atoms with Crippen LogP contribution in [-0.4, -0.2) is 12.4 Å². The zero-order chi connectivity index (χ0) is 10.7. The number of benzene rings is 1. The van der Waals surface area contributed by atoms with Crippen molar-refractivity contribution in [3.05, 3.63) is 35.9 Å². The molecule has 1 aliphatic rings. The van der Waals surface area contributed by atoms with E-state index in [9.17, 15) is 0 Å². The van der Waals surface area contributed by atoms with E-state index in [1.165, 1.54) is 12.8 Å². The maximum atomic E-state index is 5.91. The van der Waals surface area contributed by atoms with E-state index in [0.717, 1.165) is 18.0 Å². The van der Waals surface area contributed by atoms with Crippen molar-refractivity contribution in [3.63, 3.8) is 0 Å². The largest absolute Gasteiger partial charge is 0.384 e. The predicted molar refractivity (Wildman–Crippen MR) is 63.9 cm³/mol. The molecule has 1 aromatic carbocycles. The van der Waals surface area contributed by atoms with Crippen LogP contribution >= 0.6 is 0 Å². The van der Waals surface area contributed by atoms with Crippen LogP contribution in [0.15, 0.2) is 35.3 Å². The number of hydrogen-bond donors (Lipinski definition) is 1. The van der Waals surface area contributed by atoms with Crippen molar-refractivity contribution in [1.82, 2.24) is 0 Å². The van der Waals surface area contributed by atoms with Gasteiger partial charge in [-0.3, -0.25) is 4.99 Å². The van der Waals surface area contributed by atoms with Crippen LogP contribution in [-0.2, 0) is 0 Å². The summed E-state index contributed by atoms with van der Waals surface area (Å²) in [6.07, 6.45) is 2.75. The van der Waals surface area contributed by atoms with Crippen LogP contribution in [0.2, 0.25) is 0 Å². The third-order valence-electron chi connectivity index (χ3n) is 3.05. The molecule has 0 radical (unpaired) electrons. The zero-order valence-corrected chi connectivity index (χ0v) is 9.19. The van der Waals surface area contributed by atoms with Crippen molar-refractivity contribution in [2.24, 2.45) is 22.6 Å². The van der Waals surface area contributed by atoms with Gasteiger partial charge in [0.15, 0.2) is 0 Å². The molecule has 1 saturated carbocycles. The fourth-order valence-corrected chi connectivity index (χ4v) is 1.76. The highest BCUT2D eigenvalue weighted by atomic mass is 14.9. The first-order chi connectivity index (χ1) is 7.27. The molecule has 2 heteroatoms. The number of rotatable bonds is 4. The molecule has 1 unspecified atom stereocenters. The minimum atomic E-state index is 0.670. The van der Waals surface area contributed by atoms with Gasteiger partial charge < -0.3 is 5.73 Å². The first kappa shape index (κ1) is 10.2. The lowest BCUT2D eigenvalue weighted by Crippen LogP contribution is -2.15. The van der Waals surface area contributed by atoms with Crippen LogP contribution in [0.1, 0.15) is 25.3 Å². The van der Waals surface area contributed by atoms with Crippen LogP contribution < -0.4 is 5.73 Å². The van der Waals surface area contributed by atoms with Gasteiger partial charge in [-0.05, 0) is 24.7 Å². The summed E-state index contributed by atoms with van der Waals surface area (Å²) in [7, 11) is 0. The molecular formula is C13H18N2. The Morgan fingerprint density at radius 1 is 1.40 bits per heavy atom. The highest BCUT2D eigenvalue weighted by Gasteiger charge is 2.27. The van der Waals surface area contributed by atoms with Crippen molar-refractivity contribution < 1.29 is 0 Å². The Bertz CT molecular complexity index is 339. The Kier molecular flexibility index (Phi) is 3.05. The van der Waals surface area contributed by atoms with Crippen LogP contribution in [0.4, 0.5) is 0 Å². The van der Waals surface area contributed by atoms with Crippen LogP contribution in [0, 0.1) is 11.8 Å². The molecular weight excluding hydrogens is 184 g/mol. The summed E-state index contributed by atoms with van der Waals surface area (Å²) in [6, 6.07) is 9.97. The lowest BCUT2D eigenvalue weighted by Gasteiger charge is -2.06. The Morgan fingerprint density at radius 2 is 2.07 bits per heavy atom. The Labute approximate surface area is 91.2 Å². The third kappa shape index (κ3) is 2.82. The van der Waals surface area contributed by atoms with Gasteiger partial charge in [0, 0.05) is 12.1 Å². The highest BCUT2D eigenvalue weighted by Crippen LogP contribution is 2.36. The van der Waals surface area contributed by atoms with Crippen LogP contribution in [0.25, 0.3) is 0 Å². The fourth-order valence-electron chi connectivity index (χ4n) is 1.76. The average Bonchev–Trinajstić information content (AvgIpc) is 3.10. The van der Waals surface area contributed by atoms with Crippen LogP contribution in [0.3, 0.4) is 0 Å². The molecule has 0 spiro atoms. The molecule has 1 atom stereocenters. The number of amidine groups is 1. The molecule has 0 saturated heterocycles. The van der Waals surface area contributed by atoms with E-state index in [1.54, 1.807) is 0 Å². The van der Waals surface area contributed by atoms with E-state index >= 15 is 0 Å². The molecule has 0 heterocycles. The molecule has 1 aliphatic carbocycles. The van der Waals surface area contributed by atoms with Gasteiger partial charge in [-0.25, -0.2) is 0 Å². The smallest absolute Gasteiger partial charge is 0.125 e. The second-order valence-electron chi connectivity index (χ2n) is 4.41. The average molecular weight is 202 g/mol. The van der Waals surface area contributed by atoms with Gasteiger partial charge in [0.2, 0.25) is 0 Å². The first-order valence-electron chi connectivity index (χ1n) is 5.62.